The van der Waals surface area contributed by atoms with Crippen LogP contribution in [0.2, 0.25) is 0 Å². The van der Waals surface area contributed by atoms with Crippen LogP contribution in [0.3, 0.4) is 0 Å². The lowest BCUT2D eigenvalue weighted by atomic mass is 9.93. The monoisotopic (exact) mass is 251 g/mol. The first-order valence-electron chi connectivity index (χ1n) is 6.56. The van der Waals surface area contributed by atoms with Gasteiger partial charge in [-0.25, -0.2) is 4.39 Å². The molecule has 3 nitrogen and oxygen atoms in total. The van der Waals surface area contributed by atoms with Gasteiger partial charge in [-0.2, -0.15) is 0 Å². The van der Waals surface area contributed by atoms with Crippen LogP contribution >= 0.6 is 0 Å². The molecule has 1 aliphatic heterocycles. The average molecular weight is 251 g/mol. The molecule has 1 fully saturated rings. The van der Waals surface area contributed by atoms with E-state index in [1.807, 2.05) is 0 Å². The Labute approximate surface area is 108 Å². The predicted octanol–water partition coefficient (Wildman–Crippen LogP) is 2.34. The summed E-state index contributed by atoms with van der Waals surface area (Å²) < 4.78 is 12.8. The van der Waals surface area contributed by atoms with Crippen LogP contribution in [0, 0.1) is 11.2 Å². The van der Waals surface area contributed by atoms with Crippen molar-refractivity contribution in [2.45, 2.75) is 32.7 Å². The van der Waals surface area contributed by atoms with E-state index in [1.165, 1.54) is 18.7 Å². The Morgan fingerprint density at radius 2 is 2.28 bits per heavy atom. The second kappa shape index (κ2) is 5.33. The molecular weight excluding hydrogens is 229 g/mol. The molecular formula is C14H22FN3. The molecule has 1 aliphatic rings. The molecule has 0 aromatic carbocycles. The Balaban J connectivity index is 1.82. The van der Waals surface area contributed by atoms with E-state index in [2.05, 4.69) is 23.7 Å². The Bertz CT molecular complexity index is 389. The van der Waals surface area contributed by atoms with Gasteiger partial charge in [0.2, 0.25) is 0 Å². The summed E-state index contributed by atoms with van der Waals surface area (Å²) in [6, 6.07) is 2.99. The molecule has 100 valence electrons. The highest BCUT2D eigenvalue weighted by molar-refractivity contribution is 5.09. The molecule has 1 aromatic heterocycles. The van der Waals surface area contributed by atoms with Gasteiger partial charge in [0.05, 0.1) is 11.9 Å². The number of hydrogen-bond acceptors (Lipinski definition) is 3. The van der Waals surface area contributed by atoms with E-state index >= 15 is 0 Å². The summed E-state index contributed by atoms with van der Waals surface area (Å²) >= 11 is 0. The minimum atomic E-state index is -0.313. The second-order valence-corrected chi connectivity index (χ2v) is 5.99. The van der Waals surface area contributed by atoms with E-state index in [1.54, 1.807) is 6.07 Å². The van der Waals surface area contributed by atoms with Gasteiger partial charge in [-0.15, -0.1) is 0 Å². The van der Waals surface area contributed by atoms with Gasteiger partial charge in [-0.1, -0.05) is 13.8 Å². The van der Waals surface area contributed by atoms with Gasteiger partial charge < -0.3 is 10.6 Å². The number of likely N-dealkylation sites (tertiary alicyclic amines) is 1. The third-order valence-electron chi connectivity index (χ3n) is 3.64. The van der Waals surface area contributed by atoms with Crippen molar-refractivity contribution in [3.63, 3.8) is 0 Å². The molecule has 1 atom stereocenters. The summed E-state index contributed by atoms with van der Waals surface area (Å²) in [4.78, 5) is 6.48. The molecule has 0 bridgehead atoms. The summed E-state index contributed by atoms with van der Waals surface area (Å²) in [7, 11) is 0. The second-order valence-electron chi connectivity index (χ2n) is 5.99. The topological polar surface area (TPSA) is 42.1 Å². The number of nitrogens with two attached hydrogens (primary N) is 1. The normalized spacial score (nSPS) is 21.1. The molecule has 4 heteroatoms. The number of halogens is 1. The summed E-state index contributed by atoms with van der Waals surface area (Å²) in [6.07, 6.45) is 3.35. The van der Waals surface area contributed by atoms with E-state index in [-0.39, 0.29) is 11.9 Å². The molecule has 0 saturated carbocycles. The van der Waals surface area contributed by atoms with Gasteiger partial charge in [0, 0.05) is 19.1 Å². The summed E-state index contributed by atoms with van der Waals surface area (Å²) in [5.41, 5.74) is 7.28. The van der Waals surface area contributed by atoms with Crippen molar-refractivity contribution < 1.29 is 4.39 Å². The summed E-state index contributed by atoms with van der Waals surface area (Å²) in [5, 5.41) is 0. The molecule has 2 N–H and O–H groups in total. The maximum absolute atomic E-state index is 12.8. The molecule has 1 aromatic rings. The first-order valence-corrected chi connectivity index (χ1v) is 6.56. The van der Waals surface area contributed by atoms with E-state index < -0.39 is 0 Å². The number of nitrogens with zero attached hydrogens (tertiary/aromatic N) is 2. The van der Waals surface area contributed by atoms with Gasteiger partial charge in [0.25, 0.3) is 0 Å². The van der Waals surface area contributed by atoms with Gasteiger partial charge in [-0.05, 0) is 36.9 Å². The van der Waals surface area contributed by atoms with Crippen molar-refractivity contribution >= 4 is 0 Å². The zero-order chi connectivity index (χ0) is 13.2. The molecule has 2 rings (SSSR count). The molecule has 1 unspecified atom stereocenters. The van der Waals surface area contributed by atoms with E-state index in [9.17, 15) is 4.39 Å². The number of hydrogen-bond donors (Lipinski definition) is 1. The first-order chi connectivity index (χ1) is 8.46. The largest absolute Gasteiger partial charge is 0.323 e. The van der Waals surface area contributed by atoms with Gasteiger partial charge in [0.15, 0.2) is 0 Å². The third kappa shape index (κ3) is 3.50. The molecule has 0 aliphatic carbocycles. The maximum Gasteiger partial charge on any atom is 0.141 e. The van der Waals surface area contributed by atoms with Crippen molar-refractivity contribution in [2.75, 3.05) is 19.6 Å². The van der Waals surface area contributed by atoms with Gasteiger partial charge >= 0.3 is 0 Å². The number of pyridine rings is 1. The predicted molar refractivity (Wildman–Crippen MR) is 70.6 cm³/mol. The van der Waals surface area contributed by atoms with E-state index in [0.717, 1.165) is 31.7 Å². The fourth-order valence-corrected chi connectivity index (χ4v) is 2.49. The quantitative estimate of drug-likeness (QED) is 0.893. The smallest absolute Gasteiger partial charge is 0.141 e. The standard InChI is InChI=1S/C14H22FN3/c1-14(2)6-8-18(10-14)7-5-12(16)13-4-3-11(15)9-17-13/h3-4,9,12H,5-8,10,16H2,1-2H3. The molecule has 0 spiro atoms. The van der Waals surface area contributed by atoms with Crippen LogP contribution in [0.15, 0.2) is 18.3 Å². The minimum Gasteiger partial charge on any atom is -0.323 e. The van der Waals surface area contributed by atoms with Crippen LogP contribution in [0.25, 0.3) is 0 Å². The Morgan fingerprint density at radius 3 is 2.83 bits per heavy atom. The van der Waals surface area contributed by atoms with Crippen molar-refractivity contribution in [3.8, 4) is 0 Å². The first kappa shape index (κ1) is 13.4. The zero-order valence-corrected chi connectivity index (χ0v) is 11.2. The van der Waals surface area contributed by atoms with Crippen molar-refractivity contribution in [3.05, 3.63) is 29.8 Å². The van der Waals surface area contributed by atoms with Gasteiger partial charge in [0.1, 0.15) is 5.82 Å². The lowest BCUT2D eigenvalue weighted by Gasteiger charge is -2.21. The Morgan fingerprint density at radius 1 is 1.50 bits per heavy atom. The molecule has 0 amide bonds. The Kier molecular flexibility index (Phi) is 3.97. The van der Waals surface area contributed by atoms with Gasteiger partial charge in [-0.3, -0.25) is 4.98 Å². The SMILES string of the molecule is CC1(C)CCN(CCC(N)c2ccc(F)cn2)C1. The highest BCUT2D eigenvalue weighted by Gasteiger charge is 2.28. The highest BCUT2D eigenvalue weighted by atomic mass is 19.1. The van der Waals surface area contributed by atoms with Crippen molar-refractivity contribution in [2.24, 2.45) is 11.1 Å². The molecule has 1 saturated heterocycles. The van der Waals surface area contributed by atoms with Crippen LogP contribution in [-0.4, -0.2) is 29.5 Å². The van der Waals surface area contributed by atoms with Crippen molar-refractivity contribution in [1.29, 1.82) is 0 Å². The van der Waals surface area contributed by atoms with Crippen molar-refractivity contribution in [1.82, 2.24) is 9.88 Å². The average Bonchev–Trinajstić information content (AvgIpc) is 2.67. The Hall–Kier alpha value is -1.00. The lowest BCUT2D eigenvalue weighted by Crippen LogP contribution is -2.27. The summed E-state index contributed by atoms with van der Waals surface area (Å²) in [6.45, 7) is 7.87. The molecule has 0 radical (unpaired) electrons. The molecule has 2 heterocycles. The highest BCUT2D eigenvalue weighted by Crippen LogP contribution is 2.29. The van der Waals surface area contributed by atoms with Crippen LogP contribution in [-0.2, 0) is 0 Å². The number of rotatable bonds is 4. The van der Waals surface area contributed by atoms with E-state index in [4.69, 9.17) is 5.73 Å². The summed E-state index contributed by atoms with van der Waals surface area (Å²) in [5.74, 6) is -0.313. The fraction of sp³-hybridized carbons (Fsp3) is 0.643. The lowest BCUT2D eigenvalue weighted by molar-refractivity contribution is 0.280. The molecule has 18 heavy (non-hydrogen) atoms. The van der Waals surface area contributed by atoms with Crippen LogP contribution < -0.4 is 5.73 Å². The fourth-order valence-electron chi connectivity index (χ4n) is 2.49. The number of aromatic nitrogens is 1. The van der Waals surface area contributed by atoms with Crippen LogP contribution in [0.4, 0.5) is 4.39 Å². The third-order valence-corrected chi connectivity index (χ3v) is 3.64. The minimum absolute atomic E-state index is 0.102. The zero-order valence-electron chi connectivity index (χ0n) is 11.2. The maximum atomic E-state index is 12.8. The van der Waals surface area contributed by atoms with Crippen LogP contribution in [0.1, 0.15) is 38.4 Å². The van der Waals surface area contributed by atoms with Crippen LogP contribution in [0.5, 0.6) is 0 Å². The van der Waals surface area contributed by atoms with E-state index in [0.29, 0.717) is 5.41 Å².